The second-order valence-corrected chi connectivity index (χ2v) is 8.36. The van der Waals surface area contributed by atoms with Crippen LogP contribution in [-0.4, -0.2) is 36.6 Å². The van der Waals surface area contributed by atoms with Crippen LogP contribution in [-0.2, 0) is 0 Å². The number of benzene rings is 1. The van der Waals surface area contributed by atoms with Crippen LogP contribution in [0.4, 0.5) is 0 Å². The van der Waals surface area contributed by atoms with Gasteiger partial charge in [-0.05, 0) is 88.5 Å². The SMILES string of the molecule is Cc1cc2ccc([C@H]3CC[C@H](C)CN3)cc2nc1C1CCN(C)CC1. The van der Waals surface area contributed by atoms with Crippen molar-refractivity contribution in [2.45, 2.75) is 51.5 Å². The molecule has 0 unspecified atom stereocenters. The van der Waals surface area contributed by atoms with E-state index in [1.165, 1.54) is 66.5 Å². The van der Waals surface area contributed by atoms with E-state index in [1.54, 1.807) is 0 Å². The summed E-state index contributed by atoms with van der Waals surface area (Å²) >= 11 is 0. The van der Waals surface area contributed by atoms with Crippen molar-refractivity contribution in [3.63, 3.8) is 0 Å². The van der Waals surface area contributed by atoms with Gasteiger partial charge >= 0.3 is 0 Å². The fourth-order valence-corrected chi connectivity index (χ4v) is 4.50. The zero-order chi connectivity index (χ0) is 17.4. The molecule has 0 aliphatic carbocycles. The molecule has 3 heteroatoms. The number of piperidine rings is 2. The topological polar surface area (TPSA) is 28.2 Å². The summed E-state index contributed by atoms with van der Waals surface area (Å²) in [5.41, 5.74) is 5.28. The number of fused-ring (bicyclic) bond motifs is 1. The molecule has 1 aromatic heterocycles. The van der Waals surface area contributed by atoms with Crippen LogP contribution in [0.2, 0.25) is 0 Å². The first-order valence-electron chi connectivity index (χ1n) is 9.93. The van der Waals surface area contributed by atoms with Gasteiger partial charge in [0, 0.05) is 23.0 Å². The van der Waals surface area contributed by atoms with Crippen LogP contribution in [0.25, 0.3) is 10.9 Å². The monoisotopic (exact) mass is 337 g/mol. The van der Waals surface area contributed by atoms with Crippen molar-refractivity contribution in [2.24, 2.45) is 5.92 Å². The van der Waals surface area contributed by atoms with Gasteiger partial charge in [-0.2, -0.15) is 0 Å². The Hall–Kier alpha value is -1.45. The highest BCUT2D eigenvalue weighted by Crippen LogP contribution is 2.32. The summed E-state index contributed by atoms with van der Waals surface area (Å²) in [7, 11) is 2.22. The van der Waals surface area contributed by atoms with Crippen molar-refractivity contribution in [2.75, 3.05) is 26.7 Å². The summed E-state index contributed by atoms with van der Waals surface area (Å²) in [5.74, 6) is 1.42. The van der Waals surface area contributed by atoms with Crippen LogP contribution < -0.4 is 5.32 Å². The fraction of sp³-hybridized carbons (Fsp3) is 0.591. The minimum Gasteiger partial charge on any atom is -0.310 e. The molecule has 134 valence electrons. The quantitative estimate of drug-likeness (QED) is 0.879. The lowest BCUT2D eigenvalue weighted by molar-refractivity contribution is 0.253. The predicted molar refractivity (Wildman–Crippen MR) is 105 cm³/mol. The number of nitrogens with one attached hydrogen (secondary N) is 1. The Morgan fingerprint density at radius 1 is 1.08 bits per heavy atom. The molecule has 3 nitrogen and oxygen atoms in total. The molecule has 25 heavy (non-hydrogen) atoms. The summed E-state index contributed by atoms with van der Waals surface area (Å²) in [4.78, 5) is 7.58. The standard InChI is InChI=1S/C22H31N3/c1-15-4-7-20(23-14-15)19-6-5-18-12-16(2)22(24-21(18)13-19)17-8-10-25(3)11-9-17/h5-6,12-13,15,17,20,23H,4,7-11,14H2,1-3H3/t15-,20+/m0/s1. The molecule has 2 aliphatic heterocycles. The van der Waals surface area contributed by atoms with Gasteiger partial charge in [0.25, 0.3) is 0 Å². The Bertz CT molecular complexity index is 738. The Kier molecular flexibility index (Phi) is 4.79. The number of nitrogens with zero attached hydrogens (tertiary/aromatic N) is 2. The maximum absolute atomic E-state index is 5.15. The van der Waals surface area contributed by atoms with E-state index in [0.29, 0.717) is 12.0 Å². The van der Waals surface area contributed by atoms with Crippen molar-refractivity contribution in [3.05, 3.63) is 41.1 Å². The predicted octanol–water partition coefficient (Wildman–Crippen LogP) is 4.41. The number of pyridine rings is 1. The van der Waals surface area contributed by atoms with Crippen LogP contribution in [0.3, 0.4) is 0 Å². The Morgan fingerprint density at radius 2 is 1.88 bits per heavy atom. The molecule has 2 fully saturated rings. The lowest BCUT2D eigenvalue weighted by Crippen LogP contribution is -2.31. The van der Waals surface area contributed by atoms with Gasteiger partial charge < -0.3 is 10.2 Å². The second-order valence-electron chi connectivity index (χ2n) is 8.36. The van der Waals surface area contributed by atoms with E-state index < -0.39 is 0 Å². The molecule has 2 aromatic rings. The van der Waals surface area contributed by atoms with Crippen LogP contribution in [0.5, 0.6) is 0 Å². The molecule has 0 saturated carbocycles. The first-order chi connectivity index (χ1) is 12.1. The molecule has 0 radical (unpaired) electrons. The molecule has 2 saturated heterocycles. The zero-order valence-electron chi connectivity index (χ0n) is 15.9. The molecule has 0 amide bonds. The highest BCUT2D eigenvalue weighted by molar-refractivity contribution is 5.80. The average Bonchev–Trinajstić information content (AvgIpc) is 2.62. The maximum atomic E-state index is 5.15. The van der Waals surface area contributed by atoms with Crippen LogP contribution in [0.1, 0.15) is 61.4 Å². The normalized spacial score (nSPS) is 26.2. The summed E-state index contributed by atoms with van der Waals surface area (Å²) in [6, 6.07) is 9.74. The third kappa shape index (κ3) is 3.58. The summed E-state index contributed by atoms with van der Waals surface area (Å²) in [6.45, 7) is 8.08. The van der Waals surface area contributed by atoms with Gasteiger partial charge in [-0.15, -0.1) is 0 Å². The lowest BCUT2D eigenvalue weighted by atomic mass is 9.89. The van der Waals surface area contributed by atoms with Gasteiger partial charge in [0.05, 0.1) is 5.52 Å². The Labute approximate surface area is 151 Å². The van der Waals surface area contributed by atoms with Crippen LogP contribution in [0.15, 0.2) is 24.3 Å². The Morgan fingerprint density at radius 3 is 2.60 bits per heavy atom. The molecule has 2 atom stereocenters. The molecule has 3 heterocycles. The summed E-state index contributed by atoms with van der Waals surface area (Å²) in [5, 5.41) is 4.99. The molecule has 2 aliphatic rings. The zero-order valence-corrected chi connectivity index (χ0v) is 15.9. The fourth-order valence-electron chi connectivity index (χ4n) is 4.50. The van der Waals surface area contributed by atoms with E-state index in [-0.39, 0.29) is 0 Å². The van der Waals surface area contributed by atoms with E-state index >= 15 is 0 Å². The third-order valence-electron chi connectivity index (χ3n) is 6.24. The lowest BCUT2D eigenvalue weighted by Gasteiger charge is -2.30. The number of rotatable bonds is 2. The smallest absolute Gasteiger partial charge is 0.0708 e. The van der Waals surface area contributed by atoms with Gasteiger partial charge in [0.15, 0.2) is 0 Å². The van der Waals surface area contributed by atoms with Gasteiger partial charge in [0.1, 0.15) is 0 Å². The highest BCUT2D eigenvalue weighted by Gasteiger charge is 2.22. The maximum Gasteiger partial charge on any atom is 0.0708 e. The average molecular weight is 338 g/mol. The summed E-state index contributed by atoms with van der Waals surface area (Å²) in [6.07, 6.45) is 5.02. The number of aryl methyl sites for hydroxylation is 1. The van der Waals surface area contributed by atoms with E-state index in [2.05, 4.69) is 55.4 Å². The largest absolute Gasteiger partial charge is 0.310 e. The molecule has 1 N–H and O–H groups in total. The first-order valence-corrected chi connectivity index (χ1v) is 9.93. The number of hydrogen-bond acceptors (Lipinski definition) is 3. The van der Waals surface area contributed by atoms with Gasteiger partial charge in [0.2, 0.25) is 0 Å². The van der Waals surface area contributed by atoms with Gasteiger partial charge in [-0.3, -0.25) is 4.98 Å². The number of aromatic nitrogens is 1. The van der Waals surface area contributed by atoms with Gasteiger partial charge in [-0.25, -0.2) is 0 Å². The molecular weight excluding hydrogens is 306 g/mol. The minimum atomic E-state index is 0.496. The minimum absolute atomic E-state index is 0.496. The van der Waals surface area contributed by atoms with Crippen molar-refractivity contribution in [1.29, 1.82) is 0 Å². The Balaban J connectivity index is 1.63. The van der Waals surface area contributed by atoms with E-state index in [1.807, 2.05) is 0 Å². The van der Waals surface area contributed by atoms with Crippen molar-refractivity contribution in [1.82, 2.24) is 15.2 Å². The molecule has 4 rings (SSSR count). The van der Waals surface area contributed by atoms with E-state index in [4.69, 9.17) is 4.98 Å². The molecule has 1 aromatic carbocycles. The van der Waals surface area contributed by atoms with Crippen LogP contribution in [0, 0.1) is 12.8 Å². The van der Waals surface area contributed by atoms with E-state index in [9.17, 15) is 0 Å². The third-order valence-corrected chi connectivity index (χ3v) is 6.24. The van der Waals surface area contributed by atoms with Crippen LogP contribution >= 0.6 is 0 Å². The first kappa shape index (κ1) is 17.0. The van der Waals surface area contributed by atoms with Crippen molar-refractivity contribution >= 4 is 10.9 Å². The second kappa shape index (κ2) is 7.05. The van der Waals surface area contributed by atoms with Gasteiger partial charge in [-0.1, -0.05) is 19.1 Å². The van der Waals surface area contributed by atoms with Crippen molar-refractivity contribution < 1.29 is 0 Å². The number of hydrogen-bond donors (Lipinski definition) is 1. The summed E-state index contributed by atoms with van der Waals surface area (Å²) < 4.78 is 0. The molecule has 0 bridgehead atoms. The number of likely N-dealkylation sites (tertiary alicyclic amines) is 1. The highest BCUT2D eigenvalue weighted by atomic mass is 15.1. The van der Waals surface area contributed by atoms with E-state index in [0.717, 1.165) is 12.5 Å². The van der Waals surface area contributed by atoms with Crippen molar-refractivity contribution in [3.8, 4) is 0 Å². The molecular formula is C22H31N3. The molecule has 0 spiro atoms.